The first-order valence-electron chi connectivity index (χ1n) is 9.49. The van der Waals surface area contributed by atoms with Crippen molar-refractivity contribution in [1.29, 1.82) is 0 Å². The van der Waals surface area contributed by atoms with E-state index in [2.05, 4.69) is 5.32 Å². The predicted octanol–water partition coefficient (Wildman–Crippen LogP) is 1.77. The van der Waals surface area contributed by atoms with Crippen LogP contribution in [0.3, 0.4) is 0 Å². The van der Waals surface area contributed by atoms with Crippen LogP contribution in [0.25, 0.3) is 0 Å². The van der Waals surface area contributed by atoms with E-state index in [0.717, 1.165) is 0 Å². The van der Waals surface area contributed by atoms with Crippen LogP contribution in [0.2, 0.25) is 0 Å². The van der Waals surface area contributed by atoms with Crippen molar-refractivity contribution < 1.29 is 28.3 Å². The number of anilines is 1. The number of hydrogen-bond acceptors (Lipinski definition) is 6. The van der Waals surface area contributed by atoms with Gasteiger partial charge in [0.25, 0.3) is 17.7 Å². The number of amides is 3. The van der Waals surface area contributed by atoms with Crippen molar-refractivity contribution in [1.82, 2.24) is 9.80 Å². The Bertz CT molecular complexity index is 921. The molecule has 9 nitrogen and oxygen atoms in total. The van der Waals surface area contributed by atoms with Gasteiger partial charge in [0.15, 0.2) is 12.4 Å². The lowest BCUT2D eigenvalue weighted by atomic mass is 10.2. The van der Waals surface area contributed by atoms with Crippen LogP contribution < -0.4 is 5.32 Å². The molecule has 2 aromatic rings. The third kappa shape index (κ3) is 4.86. The summed E-state index contributed by atoms with van der Waals surface area (Å²) >= 11 is 0. The molecule has 9 heteroatoms. The summed E-state index contributed by atoms with van der Waals surface area (Å²) in [5.41, 5.74) is 0.967. The summed E-state index contributed by atoms with van der Waals surface area (Å²) in [6.45, 7) is -0.0555. The van der Waals surface area contributed by atoms with E-state index in [9.17, 15) is 19.2 Å². The molecule has 30 heavy (non-hydrogen) atoms. The van der Waals surface area contributed by atoms with Gasteiger partial charge in [0.2, 0.25) is 0 Å². The summed E-state index contributed by atoms with van der Waals surface area (Å²) in [5.74, 6) is -1.52. The molecule has 0 saturated carbocycles. The molecule has 1 aromatic heterocycles. The highest BCUT2D eigenvalue weighted by Gasteiger charge is 2.36. The van der Waals surface area contributed by atoms with Crippen LogP contribution in [0.5, 0.6) is 0 Å². The van der Waals surface area contributed by atoms with E-state index in [1.54, 1.807) is 44.4 Å². The minimum absolute atomic E-state index is 0.146. The van der Waals surface area contributed by atoms with Crippen molar-refractivity contribution in [2.24, 2.45) is 0 Å². The van der Waals surface area contributed by atoms with Crippen molar-refractivity contribution in [2.45, 2.75) is 18.9 Å². The molecule has 158 valence electrons. The molecule has 1 fully saturated rings. The number of furan rings is 1. The molecule has 0 bridgehead atoms. The molecule has 0 radical (unpaired) electrons. The van der Waals surface area contributed by atoms with E-state index in [1.807, 2.05) is 0 Å². The second kappa shape index (κ2) is 9.25. The molecule has 1 atom stereocenters. The van der Waals surface area contributed by atoms with Gasteiger partial charge < -0.3 is 24.3 Å². The van der Waals surface area contributed by atoms with Crippen molar-refractivity contribution in [3.63, 3.8) is 0 Å². The molecule has 1 aliphatic heterocycles. The lowest BCUT2D eigenvalue weighted by molar-refractivity contribution is -0.151. The van der Waals surface area contributed by atoms with Crippen molar-refractivity contribution in [3.05, 3.63) is 54.0 Å². The summed E-state index contributed by atoms with van der Waals surface area (Å²) in [4.78, 5) is 51.7. The average molecular weight is 413 g/mol. The monoisotopic (exact) mass is 413 g/mol. The third-order valence-corrected chi connectivity index (χ3v) is 4.69. The first-order valence-corrected chi connectivity index (χ1v) is 9.49. The van der Waals surface area contributed by atoms with Crippen molar-refractivity contribution >= 4 is 29.4 Å². The fourth-order valence-corrected chi connectivity index (χ4v) is 3.18. The molecule has 3 amide bonds. The number of nitrogens with zero attached hydrogens (tertiary/aromatic N) is 2. The Kier molecular flexibility index (Phi) is 6.51. The summed E-state index contributed by atoms with van der Waals surface area (Å²) < 4.78 is 10.2. The lowest BCUT2D eigenvalue weighted by Crippen LogP contribution is -2.42. The average Bonchev–Trinajstić information content (AvgIpc) is 3.43. The van der Waals surface area contributed by atoms with Crippen molar-refractivity contribution in [2.75, 3.05) is 32.6 Å². The quantitative estimate of drug-likeness (QED) is 0.723. The van der Waals surface area contributed by atoms with Crippen molar-refractivity contribution in [3.8, 4) is 0 Å². The van der Waals surface area contributed by atoms with Gasteiger partial charge in [-0.15, -0.1) is 0 Å². The maximum atomic E-state index is 12.4. The highest BCUT2D eigenvalue weighted by Crippen LogP contribution is 2.21. The van der Waals surface area contributed by atoms with Crippen LogP contribution in [0, 0.1) is 0 Å². The Morgan fingerprint density at radius 3 is 2.53 bits per heavy atom. The number of likely N-dealkylation sites (tertiary alicyclic amines) is 1. The molecular weight excluding hydrogens is 390 g/mol. The molecule has 0 aliphatic carbocycles. The maximum Gasteiger partial charge on any atom is 0.329 e. The number of rotatable bonds is 6. The van der Waals surface area contributed by atoms with Gasteiger partial charge in [0, 0.05) is 31.9 Å². The topological polar surface area (TPSA) is 109 Å². The number of ether oxygens (including phenoxy) is 1. The molecule has 0 unspecified atom stereocenters. The number of carbonyl (C=O) groups excluding carboxylic acids is 4. The zero-order valence-electron chi connectivity index (χ0n) is 16.8. The number of nitrogens with one attached hydrogen (secondary N) is 1. The van der Waals surface area contributed by atoms with Gasteiger partial charge in [-0.2, -0.15) is 0 Å². The smallest absolute Gasteiger partial charge is 0.329 e. The largest absolute Gasteiger partial charge is 0.459 e. The first kappa shape index (κ1) is 21.1. The number of benzene rings is 1. The van der Waals surface area contributed by atoms with E-state index in [0.29, 0.717) is 30.6 Å². The van der Waals surface area contributed by atoms with Crippen LogP contribution in [0.1, 0.15) is 33.8 Å². The Hall–Kier alpha value is -3.62. The Morgan fingerprint density at radius 2 is 1.90 bits per heavy atom. The fourth-order valence-electron chi connectivity index (χ4n) is 3.18. The van der Waals surface area contributed by atoms with Crippen LogP contribution in [-0.2, 0) is 14.3 Å². The first-order chi connectivity index (χ1) is 14.4. The van der Waals surface area contributed by atoms with Gasteiger partial charge in [-0.1, -0.05) is 0 Å². The highest BCUT2D eigenvalue weighted by atomic mass is 16.5. The molecule has 2 heterocycles. The van der Waals surface area contributed by atoms with Crippen LogP contribution >= 0.6 is 0 Å². The SMILES string of the molecule is CN(C)C(=O)c1ccc(NC(=O)COC(=O)[C@@H]2CCCN2C(=O)c2ccco2)cc1. The molecule has 1 aromatic carbocycles. The van der Waals surface area contributed by atoms with E-state index < -0.39 is 24.5 Å². The Balaban J connectivity index is 1.51. The van der Waals surface area contributed by atoms with Crippen LogP contribution in [0.15, 0.2) is 47.1 Å². The van der Waals surface area contributed by atoms with E-state index in [4.69, 9.17) is 9.15 Å². The van der Waals surface area contributed by atoms with E-state index in [1.165, 1.54) is 22.1 Å². The normalized spacial score (nSPS) is 15.5. The van der Waals surface area contributed by atoms with Gasteiger partial charge in [-0.05, 0) is 49.2 Å². The minimum atomic E-state index is -0.744. The fraction of sp³-hybridized carbons (Fsp3) is 0.333. The molecular formula is C21H23N3O6. The van der Waals surface area contributed by atoms with Gasteiger partial charge in [0.1, 0.15) is 6.04 Å². The Morgan fingerprint density at radius 1 is 1.17 bits per heavy atom. The second-order valence-corrected chi connectivity index (χ2v) is 7.07. The summed E-state index contributed by atoms with van der Waals surface area (Å²) in [5, 5.41) is 2.60. The summed E-state index contributed by atoms with van der Waals surface area (Å²) in [7, 11) is 3.31. The van der Waals surface area contributed by atoms with Gasteiger partial charge in [0.05, 0.1) is 6.26 Å². The van der Waals surface area contributed by atoms with E-state index >= 15 is 0 Å². The van der Waals surface area contributed by atoms with E-state index in [-0.39, 0.29) is 17.6 Å². The maximum absolute atomic E-state index is 12.4. The van der Waals surface area contributed by atoms with Crippen LogP contribution in [-0.4, -0.2) is 66.8 Å². The minimum Gasteiger partial charge on any atom is -0.459 e. The number of esters is 1. The molecule has 0 spiro atoms. The van der Waals surface area contributed by atoms with Crippen LogP contribution in [0.4, 0.5) is 5.69 Å². The summed E-state index contributed by atoms with van der Waals surface area (Å²) in [6, 6.07) is 8.78. The third-order valence-electron chi connectivity index (χ3n) is 4.69. The predicted molar refractivity (Wildman–Crippen MR) is 107 cm³/mol. The number of hydrogen-bond donors (Lipinski definition) is 1. The standard InChI is InChI=1S/C21H23N3O6/c1-23(2)19(26)14-7-9-15(10-8-14)22-18(25)13-30-21(28)16-5-3-11-24(16)20(27)17-6-4-12-29-17/h4,6-10,12,16H,3,5,11,13H2,1-2H3,(H,22,25)/t16-/m0/s1. The molecule has 1 aliphatic rings. The molecule has 1 N–H and O–H groups in total. The molecule has 3 rings (SSSR count). The van der Waals surface area contributed by atoms with Gasteiger partial charge in [-0.3, -0.25) is 14.4 Å². The highest BCUT2D eigenvalue weighted by molar-refractivity contribution is 5.97. The zero-order chi connectivity index (χ0) is 21.7. The van der Waals surface area contributed by atoms with Gasteiger partial charge in [-0.25, -0.2) is 4.79 Å². The second-order valence-electron chi connectivity index (χ2n) is 7.07. The summed E-state index contributed by atoms with van der Waals surface area (Å²) in [6.07, 6.45) is 2.52. The van der Waals surface area contributed by atoms with Gasteiger partial charge >= 0.3 is 5.97 Å². The zero-order valence-corrected chi connectivity index (χ0v) is 16.8. The Labute approximate surface area is 173 Å². The lowest BCUT2D eigenvalue weighted by Gasteiger charge is -2.22. The molecule has 1 saturated heterocycles. The number of carbonyl (C=O) groups is 4.